The Labute approximate surface area is 138 Å². The van der Waals surface area contributed by atoms with Crippen LogP contribution < -0.4 is 10.6 Å². The Balaban J connectivity index is 1.82. The highest BCUT2D eigenvalue weighted by molar-refractivity contribution is 5.80. The smallest absolute Gasteiger partial charge is 0.191 e. The highest BCUT2D eigenvalue weighted by atomic mass is 16.3. The Bertz CT molecular complexity index is 566. The standard InChI is InChI=1S/C18H26N4O/c1-3-15(2)22-18(21-13-10-17-8-6-14-23-17)20-12-9-16-7-4-5-11-19-16/h4-8,11,14-15H,3,9-10,12-13H2,1-2H3,(H2,20,21,22). The predicted octanol–water partition coefficient (Wildman–Crippen LogP) is 2.79. The summed E-state index contributed by atoms with van der Waals surface area (Å²) in [4.78, 5) is 8.97. The van der Waals surface area contributed by atoms with Gasteiger partial charge in [0.05, 0.1) is 6.26 Å². The van der Waals surface area contributed by atoms with Crippen molar-refractivity contribution in [1.29, 1.82) is 0 Å². The van der Waals surface area contributed by atoms with Gasteiger partial charge >= 0.3 is 0 Å². The fourth-order valence-corrected chi connectivity index (χ4v) is 2.08. The van der Waals surface area contributed by atoms with Crippen molar-refractivity contribution in [3.05, 3.63) is 54.2 Å². The Morgan fingerprint density at radius 1 is 1.26 bits per heavy atom. The summed E-state index contributed by atoms with van der Waals surface area (Å²) in [5.41, 5.74) is 1.08. The molecule has 0 aromatic carbocycles. The molecule has 0 aliphatic heterocycles. The SMILES string of the molecule is CCC(C)NC(=NCCc1ccco1)NCCc1ccccn1. The molecule has 5 heteroatoms. The maximum atomic E-state index is 5.34. The predicted molar refractivity (Wildman–Crippen MR) is 93.5 cm³/mol. The fourth-order valence-electron chi connectivity index (χ4n) is 2.08. The van der Waals surface area contributed by atoms with Gasteiger partial charge in [0.15, 0.2) is 5.96 Å². The van der Waals surface area contributed by atoms with E-state index >= 15 is 0 Å². The first-order valence-electron chi connectivity index (χ1n) is 8.25. The van der Waals surface area contributed by atoms with Crippen molar-refractivity contribution >= 4 is 5.96 Å². The molecule has 0 amide bonds. The van der Waals surface area contributed by atoms with Gasteiger partial charge in [0.25, 0.3) is 0 Å². The van der Waals surface area contributed by atoms with Crippen LogP contribution in [-0.4, -0.2) is 30.1 Å². The van der Waals surface area contributed by atoms with Gasteiger partial charge in [-0.15, -0.1) is 0 Å². The second kappa shape index (κ2) is 9.66. The van der Waals surface area contributed by atoms with E-state index in [1.165, 1.54) is 0 Å². The first kappa shape index (κ1) is 17.1. The number of guanidine groups is 1. The second-order valence-electron chi connectivity index (χ2n) is 5.51. The van der Waals surface area contributed by atoms with Crippen LogP contribution >= 0.6 is 0 Å². The molecule has 124 valence electrons. The van der Waals surface area contributed by atoms with Crippen molar-refractivity contribution in [1.82, 2.24) is 15.6 Å². The zero-order valence-electron chi connectivity index (χ0n) is 14.0. The molecular formula is C18H26N4O. The molecule has 0 bridgehead atoms. The van der Waals surface area contributed by atoms with Gasteiger partial charge in [0.2, 0.25) is 0 Å². The maximum absolute atomic E-state index is 5.34. The lowest BCUT2D eigenvalue weighted by Crippen LogP contribution is -2.43. The van der Waals surface area contributed by atoms with Crippen molar-refractivity contribution in [2.75, 3.05) is 13.1 Å². The monoisotopic (exact) mass is 314 g/mol. The van der Waals surface area contributed by atoms with Crippen LogP contribution in [0.5, 0.6) is 0 Å². The third kappa shape index (κ3) is 6.55. The molecule has 23 heavy (non-hydrogen) atoms. The molecule has 0 aliphatic carbocycles. The van der Waals surface area contributed by atoms with Crippen LogP contribution in [0.2, 0.25) is 0 Å². The minimum Gasteiger partial charge on any atom is -0.469 e. The van der Waals surface area contributed by atoms with E-state index in [0.29, 0.717) is 12.6 Å². The maximum Gasteiger partial charge on any atom is 0.191 e. The summed E-state index contributed by atoms with van der Waals surface area (Å²) in [7, 11) is 0. The van der Waals surface area contributed by atoms with Crippen molar-refractivity contribution in [2.24, 2.45) is 4.99 Å². The second-order valence-corrected chi connectivity index (χ2v) is 5.51. The van der Waals surface area contributed by atoms with Gasteiger partial charge in [-0.05, 0) is 37.6 Å². The summed E-state index contributed by atoms with van der Waals surface area (Å²) in [5.74, 6) is 1.81. The molecule has 0 spiro atoms. The number of hydrogen-bond donors (Lipinski definition) is 2. The van der Waals surface area contributed by atoms with Crippen LogP contribution in [0, 0.1) is 0 Å². The molecule has 1 atom stereocenters. The number of pyridine rings is 1. The fraction of sp³-hybridized carbons (Fsp3) is 0.444. The Morgan fingerprint density at radius 2 is 2.17 bits per heavy atom. The lowest BCUT2D eigenvalue weighted by Gasteiger charge is -2.17. The van der Waals surface area contributed by atoms with Crippen molar-refractivity contribution in [3.8, 4) is 0 Å². The van der Waals surface area contributed by atoms with Crippen molar-refractivity contribution in [3.63, 3.8) is 0 Å². The number of rotatable bonds is 8. The number of nitrogens with zero attached hydrogens (tertiary/aromatic N) is 2. The van der Waals surface area contributed by atoms with Crippen LogP contribution in [0.25, 0.3) is 0 Å². The average molecular weight is 314 g/mol. The van der Waals surface area contributed by atoms with E-state index in [1.54, 1.807) is 6.26 Å². The third-order valence-corrected chi connectivity index (χ3v) is 3.60. The number of hydrogen-bond acceptors (Lipinski definition) is 3. The van der Waals surface area contributed by atoms with Crippen LogP contribution in [0.15, 0.2) is 52.2 Å². The zero-order valence-corrected chi connectivity index (χ0v) is 14.0. The van der Waals surface area contributed by atoms with Gasteiger partial charge in [-0.3, -0.25) is 9.98 Å². The van der Waals surface area contributed by atoms with Gasteiger partial charge in [0.1, 0.15) is 5.76 Å². The molecule has 0 radical (unpaired) electrons. The van der Waals surface area contributed by atoms with Crippen LogP contribution in [-0.2, 0) is 12.8 Å². The Kier molecular flexibility index (Phi) is 7.17. The number of nitrogens with one attached hydrogen (secondary N) is 2. The van der Waals surface area contributed by atoms with E-state index in [-0.39, 0.29) is 0 Å². The van der Waals surface area contributed by atoms with Crippen LogP contribution in [0.1, 0.15) is 31.7 Å². The van der Waals surface area contributed by atoms with Gasteiger partial charge in [0, 0.05) is 43.9 Å². The summed E-state index contributed by atoms with van der Waals surface area (Å²) in [6, 6.07) is 10.3. The zero-order chi connectivity index (χ0) is 16.3. The molecule has 0 aliphatic rings. The number of aromatic nitrogens is 1. The van der Waals surface area contributed by atoms with E-state index < -0.39 is 0 Å². The summed E-state index contributed by atoms with van der Waals surface area (Å²) in [5, 5.41) is 6.80. The highest BCUT2D eigenvalue weighted by Crippen LogP contribution is 2.01. The lowest BCUT2D eigenvalue weighted by molar-refractivity contribution is 0.510. The number of aliphatic imine (C=N–C) groups is 1. The summed E-state index contributed by atoms with van der Waals surface area (Å²) in [6.07, 6.45) is 6.26. The Hall–Kier alpha value is -2.30. The lowest BCUT2D eigenvalue weighted by atomic mass is 10.2. The third-order valence-electron chi connectivity index (χ3n) is 3.60. The Morgan fingerprint density at radius 3 is 2.87 bits per heavy atom. The molecule has 1 unspecified atom stereocenters. The summed E-state index contributed by atoms with van der Waals surface area (Å²) in [6.45, 7) is 5.82. The van der Waals surface area contributed by atoms with Crippen LogP contribution in [0.3, 0.4) is 0 Å². The normalized spacial score (nSPS) is 12.9. The van der Waals surface area contributed by atoms with E-state index in [2.05, 4.69) is 34.5 Å². The van der Waals surface area contributed by atoms with Gasteiger partial charge in [-0.25, -0.2) is 0 Å². The topological polar surface area (TPSA) is 62.5 Å². The molecule has 2 rings (SSSR count). The summed E-state index contributed by atoms with van der Waals surface area (Å²) >= 11 is 0. The van der Waals surface area contributed by atoms with Gasteiger partial charge in [-0.1, -0.05) is 13.0 Å². The molecule has 2 heterocycles. The number of furan rings is 1. The molecule has 0 saturated carbocycles. The molecule has 2 N–H and O–H groups in total. The summed E-state index contributed by atoms with van der Waals surface area (Å²) < 4.78 is 5.34. The van der Waals surface area contributed by atoms with Crippen molar-refractivity contribution < 1.29 is 4.42 Å². The first-order chi connectivity index (χ1) is 11.3. The molecule has 0 fully saturated rings. The molecular weight excluding hydrogens is 288 g/mol. The average Bonchev–Trinajstić information content (AvgIpc) is 3.09. The van der Waals surface area contributed by atoms with E-state index in [4.69, 9.17) is 4.42 Å². The van der Waals surface area contributed by atoms with E-state index in [9.17, 15) is 0 Å². The van der Waals surface area contributed by atoms with E-state index in [1.807, 2.05) is 36.5 Å². The molecule has 0 saturated heterocycles. The van der Waals surface area contributed by atoms with Gasteiger partial charge in [-0.2, -0.15) is 0 Å². The van der Waals surface area contributed by atoms with Crippen LogP contribution in [0.4, 0.5) is 0 Å². The quantitative estimate of drug-likeness (QED) is 0.581. The minimum absolute atomic E-state index is 0.389. The van der Waals surface area contributed by atoms with E-state index in [0.717, 1.165) is 43.2 Å². The minimum atomic E-state index is 0.389. The van der Waals surface area contributed by atoms with Gasteiger partial charge < -0.3 is 15.1 Å². The largest absolute Gasteiger partial charge is 0.469 e. The molecule has 2 aromatic heterocycles. The highest BCUT2D eigenvalue weighted by Gasteiger charge is 2.04. The first-order valence-corrected chi connectivity index (χ1v) is 8.25. The molecule has 5 nitrogen and oxygen atoms in total. The molecule has 2 aromatic rings. The van der Waals surface area contributed by atoms with Crippen molar-refractivity contribution in [2.45, 2.75) is 39.2 Å².